The van der Waals surface area contributed by atoms with Gasteiger partial charge in [-0.3, -0.25) is 0 Å². The van der Waals surface area contributed by atoms with Crippen molar-refractivity contribution in [1.82, 2.24) is 0 Å². The first-order chi connectivity index (χ1) is 8.15. The molecule has 1 aliphatic rings. The second kappa shape index (κ2) is 5.63. The third kappa shape index (κ3) is 3.17. The molecule has 1 aliphatic carbocycles. The Morgan fingerprint density at radius 3 is 2.47 bits per heavy atom. The van der Waals surface area contributed by atoms with E-state index in [0.717, 1.165) is 17.3 Å². The van der Waals surface area contributed by atoms with E-state index in [9.17, 15) is 0 Å². The van der Waals surface area contributed by atoms with Crippen LogP contribution in [0.5, 0.6) is 0 Å². The standard InChI is InChI=1S/C15H20Cl2/c1-12-5-6-13(14(17)9-12)10-15(11-16)7-3-2-4-8-15/h5-6,9H,2-4,7-8,10-11H2,1H3. The van der Waals surface area contributed by atoms with Crippen molar-refractivity contribution in [2.45, 2.75) is 45.4 Å². The number of rotatable bonds is 3. The molecule has 2 heteroatoms. The van der Waals surface area contributed by atoms with Crippen LogP contribution >= 0.6 is 23.2 Å². The molecule has 0 nitrogen and oxygen atoms in total. The van der Waals surface area contributed by atoms with E-state index in [1.807, 2.05) is 0 Å². The van der Waals surface area contributed by atoms with Crippen LogP contribution in [0, 0.1) is 12.3 Å². The summed E-state index contributed by atoms with van der Waals surface area (Å²) in [6, 6.07) is 6.37. The van der Waals surface area contributed by atoms with Gasteiger partial charge in [0.1, 0.15) is 0 Å². The lowest BCUT2D eigenvalue weighted by molar-refractivity contribution is 0.219. The molecule has 0 N–H and O–H groups in total. The lowest BCUT2D eigenvalue weighted by atomic mass is 9.72. The summed E-state index contributed by atoms with van der Waals surface area (Å²) >= 11 is 12.6. The summed E-state index contributed by atoms with van der Waals surface area (Å²) in [5, 5.41) is 0.903. The van der Waals surface area contributed by atoms with Gasteiger partial charge in [0.25, 0.3) is 0 Å². The number of benzene rings is 1. The number of aryl methyl sites for hydroxylation is 1. The molecule has 0 saturated heterocycles. The molecular formula is C15H20Cl2. The van der Waals surface area contributed by atoms with Gasteiger partial charge in [0.2, 0.25) is 0 Å². The molecule has 0 unspecified atom stereocenters. The molecular weight excluding hydrogens is 251 g/mol. The summed E-state index contributed by atoms with van der Waals surface area (Å²) < 4.78 is 0. The molecule has 1 fully saturated rings. The van der Waals surface area contributed by atoms with Crippen molar-refractivity contribution in [2.24, 2.45) is 5.41 Å². The fourth-order valence-corrected chi connectivity index (χ4v) is 3.52. The second-order valence-electron chi connectivity index (χ2n) is 5.47. The lowest BCUT2D eigenvalue weighted by Gasteiger charge is -2.36. The van der Waals surface area contributed by atoms with Crippen molar-refractivity contribution in [1.29, 1.82) is 0 Å². The fourth-order valence-electron chi connectivity index (χ4n) is 2.86. The molecule has 0 atom stereocenters. The zero-order chi connectivity index (χ0) is 12.3. The SMILES string of the molecule is Cc1ccc(CC2(CCl)CCCCC2)c(Cl)c1. The van der Waals surface area contributed by atoms with Crippen LogP contribution in [0.4, 0.5) is 0 Å². The molecule has 1 aromatic carbocycles. The fraction of sp³-hybridized carbons (Fsp3) is 0.600. The van der Waals surface area contributed by atoms with Crippen molar-refractivity contribution < 1.29 is 0 Å². The highest BCUT2D eigenvalue weighted by Gasteiger charge is 2.31. The Bertz CT molecular complexity index is 379. The van der Waals surface area contributed by atoms with Gasteiger partial charge in [-0.15, -0.1) is 11.6 Å². The van der Waals surface area contributed by atoms with Crippen LogP contribution in [0.1, 0.15) is 43.2 Å². The maximum absolute atomic E-state index is 6.32. The summed E-state index contributed by atoms with van der Waals surface area (Å²) in [5.41, 5.74) is 2.78. The monoisotopic (exact) mass is 270 g/mol. The normalized spacial score (nSPS) is 19.2. The average Bonchev–Trinajstić information content (AvgIpc) is 2.34. The van der Waals surface area contributed by atoms with E-state index in [0.29, 0.717) is 5.41 Å². The molecule has 2 rings (SSSR count). The Balaban J connectivity index is 2.17. The Morgan fingerprint density at radius 1 is 1.18 bits per heavy atom. The molecule has 0 aromatic heterocycles. The first kappa shape index (κ1) is 13.2. The van der Waals surface area contributed by atoms with Crippen LogP contribution in [0.25, 0.3) is 0 Å². The largest absolute Gasteiger partial charge is 0.126 e. The summed E-state index contributed by atoms with van der Waals surface area (Å²) in [7, 11) is 0. The van der Waals surface area contributed by atoms with Gasteiger partial charge in [-0.05, 0) is 48.8 Å². The summed E-state index contributed by atoms with van der Waals surface area (Å²) in [6.45, 7) is 2.08. The molecule has 94 valence electrons. The Morgan fingerprint density at radius 2 is 1.88 bits per heavy atom. The number of hydrogen-bond acceptors (Lipinski definition) is 0. The van der Waals surface area contributed by atoms with Gasteiger partial charge in [0.05, 0.1) is 0 Å². The molecule has 1 aromatic rings. The number of alkyl halides is 1. The van der Waals surface area contributed by atoms with E-state index in [4.69, 9.17) is 23.2 Å². The predicted molar refractivity (Wildman–Crippen MR) is 76.1 cm³/mol. The first-order valence-corrected chi connectivity index (χ1v) is 7.37. The van der Waals surface area contributed by atoms with Crippen LogP contribution in [-0.4, -0.2) is 5.88 Å². The van der Waals surface area contributed by atoms with Gasteiger partial charge < -0.3 is 0 Å². The summed E-state index contributed by atoms with van der Waals surface area (Å²) in [6.07, 6.45) is 7.53. The minimum absolute atomic E-state index is 0.290. The van der Waals surface area contributed by atoms with Gasteiger partial charge >= 0.3 is 0 Å². The van der Waals surface area contributed by atoms with E-state index in [2.05, 4.69) is 25.1 Å². The van der Waals surface area contributed by atoms with Crippen molar-refractivity contribution in [3.63, 3.8) is 0 Å². The smallest absolute Gasteiger partial charge is 0.0440 e. The first-order valence-electron chi connectivity index (χ1n) is 6.46. The minimum Gasteiger partial charge on any atom is -0.126 e. The zero-order valence-corrected chi connectivity index (χ0v) is 11.9. The van der Waals surface area contributed by atoms with Crippen molar-refractivity contribution in [3.8, 4) is 0 Å². The van der Waals surface area contributed by atoms with E-state index in [-0.39, 0.29) is 0 Å². The van der Waals surface area contributed by atoms with Crippen LogP contribution in [0.3, 0.4) is 0 Å². The molecule has 0 aliphatic heterocycles. The third-order valence-electron chi connectivity index (χ3n) is 3.97. The zero-order valence-electron chi connectivity index (χ0n) is 10.4. The molecule has 0 amide bonds. The van der Waals surface area contributed by atoms with E-state index >= 15 is 0 Å². The summed E-state index contributed by atoms with van der Waals surface area (Å²) in [4.78, 5) is 0. The van der Waals surface area contributed by atoms with Crippen LogP contribution in [0.2, 0.25) is 5.02 Å². The van der Waals surface area contributed by atoms with E-state index < -0.39 is 0 Å². The highest BCUT2D eigenvalue weighted by Crippen LogP contribution is 2.41. The van der Waals surface area contributed by atoms with E-state index in [1.165, 1.54) is 43.2 Å². The average molecular weight is 271 g/mol. The summed E-state index contributed by atoms with van der Waals surface area (Å²) in [5.74, 6) is 0.761. The molecule has 0 heterocycles. The molecule has 1 saturated carbocycles. The van der Waals surface area contributed by atoms with Gasteiger partial charge in [-0.25, -0.2) is 0 Å². The predicted octanol–water partition coefficient (Wildman–Crippen LogP) is 5.38. The third-order valence-corrected chi connectivity index (χ3v) is 4.89. The number of hydrogen-bond donors (Lipinski definition) is 0. The van der Waals surface area contributed by atoms with Crippen LogP contribution in [-0.2, 0) is 6.42 Å². The quantitative estimate of drug-likeness (QED) is 0.647. The molecule has 17 heavy (non-hydrogen) atoms. The Labute approximate surface area is 114 Å². The minimum atomic E-state index is 0.290. The van der Waals surface area contributed by atoms with Crippen molar-refractivity contribution in [2.75, 3.05) is 5.88 Å². The molecule has 0 spiro atoms. The Kier molecular flexibility index (Phi) is 4.38. The van der Waals surface area contributed by atoms with Gasteiger partial charge in [-0.1, -0.05) is 43.0 Å². The van der Waals surface area contributed by atoms with Gasteiger partial charge in [0, 0.05) is 10.9 Å². The van der Waals surface area contributed by atoms with Crippen molar-refractivity contribution in [3.05, 3.63) is 34.3 Å². The highest BCUT2D eigenvalue weighted by molar-refractivity contribution is 6.31. The molecule has 0 bridgehead atoms. The number of halogens is 2. The second-order valence-corrected chi connectivity index (χ2v) is 6.14. The van der Waals surface area contributed by atoms with Crippen molar-refractivity contribution >= 4 is 23.2 Å². The van der Waals surface area contributed by atoms with Crippen LogP contribution < -0.4 is 0 Å². The lowest BCUT2D eigenvalue weighted by Crippen LogP contribution is -2.28. The topological polar surface area (TPSA) is 0 Å². The van der Waals surface area contributed by atoms with E-state index in [1.54, 1.807) is 0 Å². The highest BCUT2D eigenvalue weighted by atomic mass is 35.5. The van der Waals surface area contributed by atoms with Gasteiger partial charge in [0.15, 0.2) is 0 Å². The Hall–Kier alpha value is -0.200. The maximum Gasteiger partial charge on any atom is 0.0440 e. The maximum atomic E-state index is 6.32. The van der Waals surface area contributed by atoms with Gasteiger partial charge in [-0.2, -0.15) is 0 Å². The molecule has 0 radical (unpaired) electrons. The van der Waals surface area contributed by atoms with Crippen LogP contribution in [0.15, 0.2) is 18.2 Å².